The zero-order chi connectivity index (χ0) is 8.55. The van der Waals surface area contributed by atoms with E-state index >= 15 is 0 Å². The number of aryl methyl sites for hydroxylation is 1. The highest BCUT2D eigenvalue weighted by atomic mass is 32.2. The topological polar surface area (TPSA) is 28.7 Å². The summed E-state index contributed by atoms with van der Waals surface area (Å²) in [7, 11) is 0. The fourth-order valence-electron chi connectivity index (χ4n) is 1.35. The molecule has 0 amide bonds. The van der Waals surface area contributed by atoms with Gasteiger partial charge in [-0.1, -0.05) is 0 Å². The molecule has 1 heterocycles. The lowest BCUT2D eigenvalue weighted by atomic mass is 10.2. The molecule has 2 rings (SSSR count). The predicted octanol–water partition coefficient (Wildman–Crippen LogP) is 2.59. The van der Waals surface area contributed by atoms with Crippen LogP contribution in [0, 0.1) is 6.92 Å². The molecule has 0 aliphatic heterocycles. The number of hydrogen-bond donors (Lipinski definition) is 1. The van der Waals surface area contributed by atoms with Gasteiger partial charge in [0.1, 0.15) is 0 Å². The Balaban J connectivity index is 2.78. The summed E-state index contributed by atoms with van der Waals surface area (Å²) in [6.45, 7) is 2.11. The van der Waals surface area contributed by atoms with Gasteiger partial charge in [0.15, 0.2) is 0 Å². The Morgan fingerprint density at radius 3 is 3.00 bits per heavy atom. The van der Waals surface area contributed by atoms with E-state index in [0.717, 1.165) is 11.0 Å². The Hall–Kier alpha value is -0.960. The third-order valence-corrected chi connectivity index (χ3v) is 2.90. The normalized spacial score (nSPS) is 10.8. The number of nitrogens with zero attached hydrogens (tertiary/aromatic N) is 1. The summed E-state index contributed by atoms with van der Waals surface area (Å²) in [4.78, 5) is 8.65. The molecule has 0 aliphatic rings. The van der Waals surface area contributed by atoms with Gasteiger partial charge < -0.3 is 4.98 Å². The van der Waals surface area contributed by atoms with Crippen LogP contribution < -0.4 is 0 Å². The van der Waals surface area contributed by atoms with Crippen molar-refractivity contribution >= 4 is 22.8 Å². The minimum absolute atomic E-state index is 1.09. The first-order valence-electron chi connectivity index (χ1n) is 3.79. The van der Waals surface area contributed by atoms with Crippen LogP contribution in [0.25, 0.3) is 11.0 Å². The highest BCUT2D eigenvalue weighted by molar-refractivity contribution is 7.98. The number of rotatable bonds is 1. The van der Waals surface area contributed by atoms with Gasteiger partial charge in [0.25, 0.3) is 0 Å². The Kier molecular flexibility index (Phi) is 1.81. The van der Waals surface area contributed by atoms with Crippen LogP contribution in [-0.4, -0.2) is 16.2 Å². The van der Waals surface area contributed by atoms with Gasteiger partial charge in [-0.2, -0.15) is 0 Å². The van der Waals surface area contributed by atoms with E-state index in [4.69, 9.17) is 0 Å². The first-order valence-corrected chi connectivity index (χ1v) is 5.02. The first-order chi connectivity index (χ1) is 5.83. The van der Waals surface area contributed by atoms with Crippen LogP contribution in [0.15, 0.2) is 23.4 Å². The summed E-state index contributed by atoms with van der Waals surface area (Å²) < 4.78 is 0. The Morgan fingerprint density at radius 2 is 2.25 bits per heavy atom. The third-order valence-electron chi connectivity index (χ3n) is 2.01. The van der Waals surface area contributed by atoms with E-state index in [2.05, 4.69) is 35.3 Å². The molecule has 1 N–H and O–H groups in total. The Labute approximate surface area is 75.4 Å². The summed E-state index contributed by atoms with van der Waals surface area (Å²) in [5.41, 5.74) is 3.47. The van der Waals surface area contributed by atoms with Gasteiger partial charge in [-0.3, -0.25) is 0 Å². The maximum absolute atomic E-state index is 4.26. The molecule has 0 saturated carbocycles. The summed E-state index contributed by atoms with van der Waals surface area (Å²) in [5, 5.41) is 0. The molecule has 0 fully saturated rings. The smallest absolute Gasteiger partial charge is 0.0932 e. The Morgan fingerprint density at radius 1 is 1.42 bits per heavy atom. The number of nitrogens with one attached hydrogen (secondary N) is 1. The fourth-order valence-corrected chi connectivity index (χ4v) is 1.96. The largest absolute Gasteiger partial charge is 0.345 e. The molecule has 2 nitrogen and oxygen atoms in total. The van der Waals surface area contributed by atoms with Crippen molar-refractivity contribution < 1.29 is 0 Å². The second kappa shape index (κ2) is 2.83. The molecule has 12 heavy (non-hydrogen) atoms. The Bertz CT molecular complexity index is 406. The van der Waals surface area contributed by atoms with Crippen LogP contribution in [0.1, 0.15) is 5.56 Å². The van der Waals surface area contributed by atoms with E-state index in [1.807, 2.05) is 0 Å². The van der Waals surface area contributed by atoms with Crippen molar-refractivity contribution in [1.82, 2.24) is 9.97 Å². The molecule has 62 valence electrons. The molecule has 0 aliphatic carbocycles. The van der Waals surface area contributed by atoms with Gasteiger partial charge in [-0.25, -0.2) is 4.98 Å². The number of aromatic amines is 1. The number of aromatic nitrogens is 2. The maximum atomic E-state index is 4.26. The quantitative estimate of drug-likeness (QED) is 0.680. The first kappa shape index (κ1) is 7.68. The van der Waals surface area contributed by atoms with Crippen LogP contribution in [0.2, 0.25) is 0 Å². The van der Waals surface area contributed by atoms with Crippen molar-refractivity contribution in [2.24, 2.45) is 0 Å². The zero-order valence-corrected chi connectivity index (χ0v) is 7.90. The van der Waals surface area contributed by atoms with E-state index in [1.165, 1.54) is 10.5 Å². The molecule has 0 spiro atoms. The standard InChI is InChI=1S/C9H10N2S/c1-6-8(12-2)4-3-7-9(6)11-5-10-7/h3-5H,1-2H3,(H,10,11). The lowest BCUT2D eigenvalue weighted by molar-refractivity contribution is 1.31. The molecular weight excluding hydrogens is 168 g/mol. The molecule has 3 heteroatoms. The molecular formula is C9H10N2S. The van der Waals surface area contributed by atoms with Crippen LogP contribution in [-0.2, 0) is 0 Å². The van der Waals surface area contributed by atoms with Crippen LogP contribution in [0.4, 0.5) is 0 Å². The summed E-state index contributed by atoms with van der Waals surface area (Å²) in [6, 6.07) is 4.20. The molecule has 0 atom stereocenters. The van der Waals surface area contributed by atoms with Gasteiger partial charge in [-0.15, -0.1) is 11.8 Å². The van der Waals surface area contributed by atoms with Gasteiger partial charge in [0, 0.05) is 4.90 Å². The lowest BCUT2D eigenvalue weighted by Gasteiger charge is -2.01. The van der Waals surface area contributed by atoms with E-state index < -0.39 is 0 Å². The average molecular weight is 178 g/mol. The summed E-state index contributed by atoms with van der Waals surface area (Å²) in [6.07, 6.45) is 3.82. The number of benzene rings is 1. The van der Waals surface area contributed by atoms with E-state index in [0.29, 0.717) is 0 Å². The van der Waals surface area contributed by atoms with E-state index in [-0.39, 0.29) is 0 Å². The second-order valence-corrected chi connectivity index (χ2v) is 3.54. The van der Waals surface area contributed by atoms with Gasteiger partial charge >= 0.3 is 0 Å². The average Bonchev–Trinajstić information content (AvgIpc) is 2.53. The highest BCUT2D eigenvalue weighted by Gasteiger charge is 2.03. The van der Waals surface area contributed by atoms with Gasteiger partial charge in [-0.05, 0) is 30.9 Å². The fraction of sp³-hybridized carbons (Fsp3) is 0.222. The number of fused-ring (bicyclic) bond motifs is 1. The number of hydrogen-bond acceptors (Lipinski definition) is 2. The van der Waals surface area contributed by atoms with Crippen molar-refractivity contribution in [3.05, 3.63) is 24.0 Å². The zero-order valence-electron chi connectivity index (χ0n) is 7.09. The summed E-state index contributed by atoms with van der Waals surface area (Å²) >= 11 is 1.76. The van der Waals surface area contributed by atoms with Crippen molar-refractivity contribution in [2.75, 3.05) is 6.26 Å². The third kappa shape index (κ3) is 1.01. The van der Waals surface area contributed by atoms with Crippen molar-refractivity contribution in [1.29, 1.82) is 0 Å². The maximum Gasteiger partial charge on any atom is 0.0932 e. The van der Waals surface area contributed by atoms with Gasteiger partial charge in [0.05, 0.1) is 17.4 Å². The van der Waals surface area contributed by atoms with Crippen molar-refractivity contribution in [3.8, 4) is 0 Å². The minimum atomic E-state index is 1.09. The minimum Gasteiger partial charge on any atom is -0.345 e. The van der Waals surface area contributed by atoms with Crippen molar-refractivity contribution in [2.45, 2.75) is 11.8 Å². The van der Waals surface area contributed by atoms with Crippen LogP contribution in [0.3, 0.4) is 0 Å². The molecule has 1 aromatic heterocycles. The number of imidazole rings is 1. The molecule has 2 aromatic rings. The number of H-pyrrole nitrogens is 1. The molecule has 0 unspecified atom stereocenters. The molecule has 0 saturated heterocycles. The lowest BCUT2D eigenvalue weighted by Crippen LogP contribution is -1.80. The predicted molar refractivity (Wildman–Crippen MR) is 52.6 cm³/mol. The van der Waals surface area contributed by atoms with E-state index in [1.54, 1.807) is 18.1 Å². The van der Waals surface area contributed by atoms with Gasteiger partial charge in [0.2, 0.25) is 0 Å². The van der Waals surface area contributed by atoms with Crippen LogP contribution >= 0.6 is 11.8 Å². The van der Waals surface area contributed by atoms with Crippen molar-refractivity contribution in [3.63, 3.8) is 0 Å². The monoisotopic (exact) mass is 178 g/mol. The van der Waals surface area contributed by atoms with E-state index in [9.17, 15) is 0 Å². The summed E-state index contributed by atoms with van der Waals surface area (Å²) in [5.74, 6) is 0. The SMILES string of the molecule is CSc1ccc2[nH]cnc2c1C. The number of thioether (sulfide) groups is 1. The van der Waals surface area contributed by atoms with Crippen LogP contribution in [0.5, 0.6) is 0 Å². The molecule has 0 radical (unpaired) electrons. The molecule has 1 aromatic carbocycles. The molecule has 0 bridgehead atoms. The second-order valence-electron chi connectivity index (χ2n) is 2.69. The highest BCUT2D eigenvalue weighted by Crippen LogP contribution is 2.25.